The van der Waals surface area contributed by atoms with Crippen molar-refractivity contribution in [3.63, 3.8) is 0 Å². The van der Waals surface area contributed by atoms with Crippen molar-refractivity contribution < 1.29 is 9.84 Å². The fourth-order valence-electron chi connectivity index (χ4n) is 3.45. The minimum absolute atomic E-state index is 0.0676. The van der Waals surface area contributed by atoms with E-state index in [0.717, 1.165) is 11.3 Å². The monoisotopic (exact) mass is 395 g/mol. The lowest BCUT2D eigenvalue weighted by Crippen LogP contribution is -2.19. The molecule has 0 aliphatic rings. The van der Waals surface area contributed by atoms with Crippen LogP contribution >= 0.6 is 0 Å². The summed E-state index contributed by atoms with van der Waals surface area (Å²) in [5, 5.41) is 8.93. The highest BCUT2D eigenvalue weighted by molar-refractivity contribution is 5.72. The maximum Gasteiger partial charge on any atom is 0.287 e. The minimum atomic E-state index is -0.205. The van der Waals surface area contributed by atoms with Gasteiger partial charge in [-0.1, -0.05) is 51.1 Å². The van der Waals surface area contributed by atoms with Gasteiger partial charge in [0.1, 0.15) is 6.73 Å². The van der Waals surface area contributed by atoms with Gasteiger partial charge in [0, 0.05) is 17.3 Å². The smallest absolute Gasteiger partial charge is 0.287 e. The molecule has 0 bridgehead atoms. The largest absolute Gasteiger partial charge is 0.394 e. The Bertz CT molecular complexity index is 1200. The van der Waals surface area contributed by atoms with Gasteiger partial charge in [0.25, 0.3) is 5.56 Å². The molecular weight excluding hydrogens is 370 g/mol. The van der Waals surface area contributed by atoms with Crippen molar-refractivity contribution in [3.05, 3.63) is 64.5 Å². The second-order valence-electron chi connectivity index (χ2n) is 8.07. The number of imidazole rings is 2. The highest BCUT2D eigenvalue weighted by Gasteiger charge is 2.24. The first-order valence-electron chi connectivity index (χ1n) is 9.60. The van der Waals surface area contributed by atoms with E-state index in [-0.39, 0.29) is 30.9 Å². The molecule has 0 spiro atoms. The predicted octanol–water partition coefficient (Wildman–Crippen LogP) is 2.16. The van der Waals surface area contributed by atoms with E-state index < -0.39 is 0 Å². The molecule has 0 unspecified atom stereocenters. The number of aromatic nitrogens is 5. The zero-order chi connectivity index (χ0) is 20.6. The third kappa shape index (κ3) is 3.56. The number of nitrogens with zero attached hydrogens (tertiary/aromatic N) is 5. The van der Waals surface area contributed by atoms with Gasteiger partial charge >= 0.3 is 0 Å². The topological polar surface area (TPSA) is 86.6 Å². The van der Waals surface area contributed by atoms with Crippen molar-refractivity contribution in [1.29, 1.82) is 0 Å². The minimum Gasteiger partial charge on any atom is -0.394 e. The molecule has 0 saturated carbocycles. The molecule has 0 radical (unpaired) electrons. The fourth-order valence-corrected chi connectivity index (χ4v) is 3.45. The van der Waals surface area contributed by atoms with E-state index in [1.54, 1.807) is 15.3 Å². The number of hydrogen-bond donors (Lipinski definition) is 1. The van der Waals surface area contributed by atoms with Crippen LogP contribution in [0.1, 0.15) is 32.0 Å². The number of ether oxygens (including phenoxy) is 1. The van der Waals surface area contributed by atoms with Crippen LogP contribution in [0.25, 0.3) is 16.9 Å². The first-order chi connectivity index (χ1) is 13.9. The quantitative estimate of drug-likeness (QED) is 0.506. The number of fused-ring (bicyclic) bond motifs is 2. The Morgan fingerprint density at radius 1 is 1.17 bits per heavy atom. The molecule has 4 aromatic rings. The molecule has 1 N–H and O–H groups in total. The Morgan fingerprint density at radius 3 is 2.62 bits per heavy atom. The summed E-state index contributed by atoms with van der Waals surface area (Å²) in [6.45, 7) is 7.28. The summed E-state index contributed by atoms with van der Waals surface area (Å²) in [4.78, 5) is 22.2. The molecule has 3 aromatic heterocycles. The molecule has 0 atom stereocenters. The summed E-state index contributed by atoms with van der Waals surface area (Å²) < 4.78 is 10.7. The van der Waals surface area contributed by atoms with Crippen LogP contribution in [-0.2, 0) is 23.4 Å². The SMILES string of the molecule is CC(C)(C)c1cn2c(=O)c3ncn(COCCO)c3nc2n1Cc1ccccc1. The van der Waals surface area contributed by atoms with E-state index in [9.17, 15) is 4.79 Å². The summed E-state index contributed by atoms with van der Waals surface area (Å²) in [5.74, 6) is 0.570. The van der Waals surface area contributed by atoms with Crippen molar-refractivity contribution >= 4 is 16.9 Å². The van der Waals surface area contributed by atoms with Gasteiger partial charge < -0.3 is 14.4 Å². The zero-order valence-electron chi connectivity index (χ0n) is 16.9. The Kier molecular flexibility index (Phi) is 4.97. The first-order valence-corrected chi connectivity index (χ1v) is 9.60. The Balaban J connectivity index is 1.92. The molecule has 0 aliphatic heterocycles. The van der Waals surface area contributed by atoms with Crippen LogP contribution in [0.3, 0.4) is 0 Å². The van der Waals surface area contributed by atoms with E-state index in [2.05, 4.69) is 42.5 Å². The van der Waals surface area contributed by atoms with Crippen molar-refractivity contribution in [2.45, 2.75) is 39.5 Å². The number of rotatable bonds is 6. The molecule has 0 amide bonds. The first kappa shape index (κ1) is 19.4. The normalized spacial score (nSPS) is 12.3. The molecule has 8 heteroatoms. The summed E-state index contributed by atoms with van der Waals surface area (Å²) in [6.07, 6.45) is 3.41. The molecule has 3 heterocycles. The molecule has 8 nitrogen and oxygen atoms in total. The van der Waals surface area contributed by atoms with Crippen LogP contribution in [0.2, 0.25) is 0 Å². The zero-order valence-corrected chi connectivity index (χ0v) is 16.9. The Hall–Kier alpha value is -2.97. The number of aliphatic hydroxyl groups is 1. The summed E-state index contributed by atoms with van der Waals surface area (Å²) >= 11 is 0. The van der Waals surface area contributed by atoms with Gasteiger partial charge in [-0.15, -0.1) is 0 Å². The third-order valence-corrected chi connectivity index (χ3v) is 4.85. The maximum absolute atomic E-state index is 13.1. The Labute approximate surface area is 168 Å². The standard InChI is InChI=1S/C21H25N5O3/c1-21(2,3)16-12-26-19(28)17-18(24(13-22-17)14-29-10-9-27)23-20(26)25(16)11-15-7-5-4-6-8-15/h4-8,12-13,27H,9-11,14H2,1-3H3. The third-order valence-electron chi connectivity index (χ3n) is 4.85. The van der Waals surface area contributed by atoms with Gasteiger partial charge in [-0.3, -0.25) is 9.36 Å². The summed E-state index contributed by atoms with van der Waals surface area (Å²) in [7, 11) is 0. The molecular formula is C21H25N5O3. The number of benzene rings is 1. The predicted molar refractivity (Wildman–Crippen MR) is 110 cm³/mol. The van der Waals surface area contributed by atoms with E-state index >= 15 is 0 Å². The number of aliphatic hydroxyl groups excluding tert-OH is 1. The lowest BCUT2D eigenvalue weighted by atomic mass is 9.92. The van der Waals surface area contributed by atoms with Crippen LogP contribution in [0.4, 0.5) is 0 Å². The van der Waals surface area contributed by atoms with Crippen molar-refractivity contribution in [3.8, 4) is 0 Å². The van der Waals surface area contributed by atoms with Gasteiger partial charge in [-0.05, 0) is 5.56 Å². The van der Waals surface area contributed by atoms with E-state index in [0.29, 0.717) is 23.5 Å². The average molecular weight is 395 g/mol. The van der Waals surface area contributed by atoms with Crippen molar-refractivity contribution in [2.24, 2.45) is 0 Å². The molecule has 4 rings (SSSR count). The summed E-state index contributed by atoms with van der Waals surface area (Å²) in [6, 6.07) is 10.1. The van der Waals surface area contributed by atoms with Gasteiger partial charge in [0.2, 0.25) is 5.78 Å². The number of hydrogen-bond acceptors (Lipinski definition) is 5. The lowest BCUT2D eigenvalue weighted by molar-refractivity contribution is 0.0499. The fraction of sp³-hybridized carbons (Fsp3) is 0.381. The van der Waals surface area contributed by atoms with Gasteiger partial charge in [0.15, 0.2) is 11.2 Å². The molecule has 29 heavy (non-hydrogen) atoms. The molecule has 1 aromatic carbocycles. The maximum atomic E-state index is 13.1. The Morgan fingerprint density at radius 2 is 1.93 bits per heavy atom. The van der Waals surface area contributed by atoms with Gasteiger partial charge in [0.05, 0.1) is 26.1 Å². The molecule has 152 valence electrons. The van der Waals surface area contributed by atoms with Crippen molar-refractivity contribution in [2.75, 3.05) is 13.2 Å². The van der Waals surface area contributed by atoms with Crippen LogP contribution in [0.5, 0.6) is 0 Å². The summed E-state index contributed by atoms with van der Waals surface area (Å²) in [5.41, 5.74) is 2.54. The van der Waals surface area contributed by atoms with Gasteiger partial charge in [-0.25, -0.2) is 9.38 Å². The van der Waals surface area contributed by atoms with Gasteiger partial charge in [-0.2, -0.15) is 4.98 Å². The van der Waals surface area contributed by atoms with Crippen LogP contribution in [0.15, 0.2) is 47.7 Å². The van der Waals surface area contributed by atoms with Crippen molar-refractivity contribution in [1.82, 2.24) is 23.5 Å². The van der Waals surface area contributed by atoms with Crippen LogP contribution in [-0.4, -0.2) is 41.8 Å². The van der Waals surface area contributed by atoms with E-state index in [4.69, 9.17) is 14.8 Å². The highest BCUT2D eigenvalue weighted by atomic mass is 16.5. The second-order valence-corrected chi connectivity index (χ2v) is 8.07. The average Bonchev–Trinajstić information content (AvgIpc) is 3.26. The van der Waals surface area contributed by atoms with Crippen LogP contribution in [0, 0.1) is 0 Å². The molecule has 0 saturated heterocycles. The lowest BCUT2D eigenvalue weighted by Gasteiger charge is -2.21. The van der Waals surface area contributed by atoms with Crippen LogP contribution < -0.4 is 5.56 Å². The van der Waals surface area contributed by atoms with E-state index in [1.165, 1.54) is 0 Å². The van der Waals surface area contributed by atoms with E-state index in [1.807, 2.05) is 24.4 Å². The highest BCUT2D eigenvalue weighted by Crippen LogP contribution is 2.26. The second kappa shape index (κ2) is 7.46. The molecule has 0 fully saturated rings. The molecule has 0 aliphatic carbocycles.